The molecule has 3 aromatic rings. The Balaban J connectivity index is 1.54. The Morgan fingerprint density at radius 3 is 2.18 bits per heavy atom. The van der Waals surface area contributed by atoms with Crippen molar-refractivity contribution in [1.82, 2.24) is 5.32 Å². The molecule has 3 rings (SSSR count). The molecule has 10 nitrogen and oxygen atoms in total. The molecule has 3 aromatic carbocycles. The SMILES string of the molecule is COc1ccc(C(=O)NC(=O)COC(=O)c2ccc(Oc3ccc(Cl)cc3[N+](=O)[O-])cc2)cc1. The normalized spacial score (nSPS) is 10.2. The molecule has 0 radical (unpaired) electrons. The maximum Gasteiger partial charge on any atom is 0.338 e. The van der Waals surface area contributed by atoms with E-state index in [0.29, 0.717) is 5.75 Å². The smallest absolute Gasteiger partial charge is 0.338 e. The predicted octanol–water partition coefficient (Wildman–Crippen LogP) is 4.16. The summed E-state index contributed by atoms with van der Waals surface area (Å²) in [6.45, 7) is -0.671. The lowest BCUT2D eigenvalue weighted by molar-refractivity contribution is -0.385. The largest absolute Gasteiger partial charge is 0.497 e. The van der Waals surface area contributed by atoms with Gasteiger partial charge in [-0.05, 0) is 60.7 Å². The summed E-state index contributed by atoms with van der Waals surface area (Å²) in [5, 5.41) is 13.5. The molecule has 0 fully saturated rings. The maximum absolute atomic E-state index is 12.2. The lowest BCUT2D eigenvalue weighted by Gasteiger charge is -2.08. The number of rotatable bonds is 8. The van der Waals surface area contributed by atoms with E-state index in [4.69, 9.17) is 25.8 Å². The second kappa shape index (κ2) is 10.9. The zero-order valence-electron chi connectivity index (χ0n) is 17.6. The molecule has 1 N–H and O–H groups in total. The van der Waals surface area contributed by atoms with Crippen LogP contribution in [0.1, 0.15) is 20.7 Å². The van der Waals surface area contributed by atoms with Crippen molar-refractivity contribution in [2.24, 2.45) is 0 Å². The van der Waals surface area contributed by atoms with Gasteiger partial charge in [0.2, 0.25) is 5.75 Å². The van der Waals surface area contributed by atoms with Crippen LogP contribution in [0.4, 0.5) is 5.69 Å². The molecule has 0 bridgehead atoms. The summed E-state index contributed by atoms with van der Waals surface area (Å²) in [6, 6.07) is 15.6. The van der Waals surface area contributed by atoms with Gasteiger partial charge in [-0.2, -0.15) is 0 Å². The fourth-order valence-corrected chi connectivity index (χ4v) is 2.86. The van der Waals surface area contributed by atoms with E-state index in [1.807, 2.05) is 0 Å². The van der Waals surface area contributed by atoms with Gasteiger partial charge in [0.1, 0.15) is 11.5 Å². The van der Waals surface area contributed by atoms with Gasteiger partial charge in [0.05, 0.1) is 17.6 Å². The molecule has 0 spiro atoms. The molecule has 0 saturated carbocycles. The van der Waals surface area contributed by atoms with E-state index < -0.39 is 29.3 Å². The number of nitrogens with zero attached hydrogens (tertiary/aromatic N) is 1. The van der Waals surface area contributed by atoms with Crippen LogP contribution >= 0.6 is 11.6 Å². The van der Waals surface area contributed by atoms with Crippen LogP contribution in [-0.4, -0.2) is 36.4 Å². The zero-order valence-corrected chi connectivity index (χ0v) is 18.4. The Morgan fingerprint density at radius 2 is 1.56 bits per heavy atom. The van der Waals surface area contributed by atoms with Crippen LogP contribution in [0, 0.1) is 10.1 Å². The quantitative estimate of drug-likeness (QED) is 0.286. The predicted molar refractivity (Wildman–Crippen MR) is 120 cm³/mol. The number of methoxy groups -OCH3 is 1. The average molecular weight is 485 g/mol. The van der Waals surface area contributed by atoms with Crippen LogP contribution < -0.4 is 14.8 Å². The summed E-state index contributed by atoms with van der Waals surface area (Å²) >= 11 is 5.78. The molecule has 0 aliphatic carbocycles. The fraction of sp³-hybridized carbons (Fsp3) is 0.0870. The second-order valence-corrected chi connectivity index (χ2v) is 7.11. The van der Waals surface area contributed by atoms with Crippen LogP contribution in [0.2, 0.25) is 5.02 Å². The first-order valence-electron chi connectivity index (χ1n) is 9.64. The minimum absolute atomic E-state index is 0.0251. The van der Waals surface area contributed by atoms with Crippen molar-refractivity contribution in [2.75, 3.05) is 13.7 Å². The third-order valence-electron chi connectivity index (χ3n) is 4.38. The summed E-state index contributed by atoms with van der Waals surface area (Å²) in [6.07, 6.45) is 0. The van der Waals surface area contributed by atoms with Crippen molar-refractivity contribution in [3.8, 4) is 17.2 Å². The van der Waals surface area contributed by atoms with Gasteiger partial charge in [-0.3, -0.25) is 25.0 Å². The zero-order chi connectivity index (χ0) is 24.7. The number of nitrogens with one attached hydrogen (secondary N) is 1. The van der Waals surface area contributed by atoms with E-state index in [1.165, 1.54) is 55.6 Å². The molecule has 2 amide bonds. The third kappa shape index (κ3) is 6.30. The van der Waals surface area contributed by atoms with E-state index in [9.17, 15) is 24.5 Å². The van der Waals surface area contributed by atoms with Crippen molar-refractivity contribution in [1.29, 1.82) is 0 Å². The molecule has 11 heteroatoms. The van der Waals surface area contributed by atoms with Crippen LogP contribution in [0.3, 0.4) is 0 Å². The van der Waals surface area contributed by atoms with E-state index >= 15 is 0 Å². The summed E-state index contributed by atoms with van der Waals surface area (Å²) < 4.78 is 15.4. The van der Waals surface area contributed by atoms with Gasteiger partial charge in [0.25, 0.3) is 11.8 Å². The second-order valence-electron chi connectivity index (χ2n) is 6.68. The first kappa shape index (κ1) is 24.2. The molecule has 0 saturated heterocycles. The lowest BCUT2D eigenvalue weighted by atomic mass is 10.2. The van der Waals surface area contributed by atoms with Gasteiger partial charge < -0.3 is 14.2 Å². The first-order valence-corrected chi connectivity index (χ1v) is 10.0. The molecular formula is C23H17ClN2O8. The number of benzene rings is 3. The van der Waals surface area contributed by atoms with Crippen LogP contribution in [0.25, 0.3) is 0 Å². The molecule has 34 heavy (non-hydrogen) atoms. The van der Waals surface area contributed by atoms with Crippen LogP contribution in [-0.2, 0) is 9.53 Å². The third-order valence-corrected chi connectivity index (χ3v) is 4.61. The van der Waals surface area contributed by atoms with Gasteiger partial charge in [0, 0.05) is 16.7 Å². The summed E-state index contributed by atoms with van der Waals surface area (Å²) in [4.78, 5) is 46.7. The number of amides is 2. The number of hydrogen-bond donors (Lipinski definition) is 1. The van der Waals surface area contributed by atoms with E-state index in [1.54, 1.807) is 12.1 Å². The van der Waals surface area contributed by atoms with Crippen molar-refractivity contribution in [3.63, 3.8) is 0 Å². The Morgan fingerprint density at radius 1 is 0.941 bits per heavy atom. The number of halogens is 1. The highest BCUT2D eigenvalue weighted by Crippen LogP contribution is 2.33. The highest BCUT2D eigenvalue weighted by Gasteiger charge is 2.17. The monoisotopic (exact) mass is 484 g/mol. The molecule has 0 unspecified atom stereocenters. The Labute approximate surface area is 198 Å². The number of imide groups is 1. The standard InChI is InChI=1S/C23H17ClN2O8/c1-32-17-7-2-14(3-8-17)22(28)25-21(27)13-33-23(29)15-4-9-18(10-5-15)34-20-11-6-16(24)12-19(20)26(30)31/h2-12H,13H2,1H3,(H,25,27,28). The molecule has 0 aliphatic rings. The van der Waals surface area contributed by atoms with Crippen molar-refractivity contribution in [3.05, 3.63) is 93.0 Å². The average Bonchev–Trinajstić information content (AvgIpc) is 2.84. The minimum Gasteiger partial charge on any atom is -0.497 e. The van der Waals surface area contributed by atoms with E-state index in [-0.39, 0.29) is 33.3 Å². The number of carbonyl (C=O) groups excluding carboxylic acids is 3. The topological polar surface area (TPSA) is 134 Å². The minimum atomic E-state index is -0.809. The Bertz CT molecular complexity index is 1230. The van der Waals surface area contributed by atoms with Crippen molar-refractivity contribution in [2.45, 2.75) is 0 Å². The number of carbonyl (C=O) groups is 3. The highest BCUT2D eigenvalue weighted by atomic mass is 35.5. The molecular weight excluding hydrogens is 468 g/mol. The number of nitro groups is 1. The first-order chi connectivity index (χ1) is 16.3. The molecule has 0 aromatic heterocycles. The van der Waals surface area contributed by atoms with Gasteiger partial charge in [-0.1, -0.05) is 11.6 Å². The number of nitro benzene ring substituents is 1. The van der Waals surface area contributed by atoms with E-state index in [0.717, 1.165) is 6.07 Å². The molecule has 0 heterocycles. The Hall–Kier alpha value is -4.44. The Kier molecular flexibility index (Phi) is 7.78. The van der Waals surface area contributed by atoms with Crippen LogP contribution in [0.15, 0.2) is 66.7 Å². The number of hydrogen-bond acceptors (Lipinski definition) is 8. The summed E-state index contributed by atoms with van der Waals surface area (Å²) in [5.74, 6) is -1.51. The van der Waals surface area contributed by atoms with Gasteiger partial charge >= 0.3 is 11.7 Å². The molecule has 174 valence electrons. The number of esters is 1. The van der Waals surface area contributed by atoms with Gasteiger partial charge in [-0.15, -0.1) is 0 Å². The van der Waals surface area contributed by atoms with Gasteiger partial charge in [-0.25, -0.2) is 4.79 Å². The van der Waals surface area contributed by atoms with Crippen molar-refractivity contribution < 1.29 is 33.5 Å². The lowest BCUT2D eigenvalue weighted by Crippen LogP contribution is -2.34. The molecule has 0 atom stereocenters. The summed E-state index contributed by atoms with van der Waals surface area (Å²) in [5.41, 5.74) is 0.0235. The fourth-order valence-electron chi connectivity index (χ4n) is 2.70. The maximum atomic E-state index is 12.2. The summed E-state index contributed by atoms with van der Waals surface area (Å²) in [7, 11) is 1.49. The highest BCUT2D eigenvalue weighted by molar-refractivity contribution is 6.30. The van der Waals surface area contributed by atoms with E-state index in [2.05, 4.69) is 5.32 Å². The van der Waals surface area contributed by atoms with Crippen molar-refractivity contribution >= 4 is 35.1 Å². The van der Waals surface area contributed by atoms with Gasteiger partial charge in [0.15, 0.2) is 6.61 Å². The van der Waals surface area contributed by atoms with Crippen LogP contribution in [0.5, 0.6) is 17.2 Å². The number of ether oxygens (including phenoxy) is 3. The molecule has 0 aliphatic heterocycles.